The van der Waals surface area contributed by atoms with Crippen molar-refractivity contribution >= 4 is 15.9 Å². The van der Waals surface area contributed by atoms with E-state index in [0.29, 0.717) is 37.4 Å². The van der Waals surface area contributed by atoms with Crippen LogP contribution in [0.5, 0.6) is 5.75 Å². The first-order valence-electron chi connectivity index (χ1n) is 9.17. The van der Waals surface area contributed by atoms with E-state index in [4.69, 9.17) is 9.26 Å². The van der Waals surface area contributed by atoms with Crippen molar-refractivity contribution < 1.29 is 22.5 Å². The summed E-state index contributed by atoms with van der Waals surface area (Å²) in [5, 5.41) is 6.64. The van der Waals surface area contributed by atoms with Crippen LogP contribution in [0.15, 0.2) is 33.7 Å². The van der Waals surface area contributed by atoms with E-state index < -0.39 is 15.9 Å². The minimum Gasteiger partial charge on any atom is -0.496 e. The number of amides is 1. The molecule has 1 aliphatic rings. The molecule has 1 aromatic carbocycles. The van der Waals surface area contributed by atoms with E-state index in [9.17, 15) is 13.2 Å². The standard InChI is InChI=1S/C19H25N3O5S/c1-13-18(14(2)27-21-13)28(24,25)22-10-6-8-16(12-22)19(23)20-11-15-7-4-5-9-17(15)26-3/h4-5,7,9,16H,6,8,10-12H2,1-3H3,(H,20,23)/t16-/m1/s1. The predicted molar refractivity (Wildman–Crippen MR) is 102 cm³/mol. The van der Waals surface area contributed by atoms with Gasteiger partial charge in [0.25, 0.3) is 0 Å². The van der Waals surface area contributed by atoms with E-state index in [2.05, 4.69) is 10.5 Å². The summed E-state index contributed by atoms with van der Waals surface area (Å²) in [5.74, 6) is 0.401. The lowest BCUT2D eigenvalue weighted by Crippen LogP contribution is -2.45. The molecule has 3 rings (SSSR count). The predicted octanol–water partition coefficient (Wildman–Crippen LogP) is 2.02. The van der Waals surface area contributed by atoms with Gasteiger partial charge in [0, 0.05) is 25.2 Å². The van der Waals surface area contributed by atoms with E-state index in [0.717, 1.165) is 5.56 Å². The van der Waals surface area contributed by atoms with Crippen LogP contribution in [0.2, 0.25) is 0 Å². The Morgan fingerprint density at radius 2 is 2.11 bits per heavy atom. The fourth-order valence-electron chi connectivity index (χ4n) is 3.52. The number of ether oxygens (including phenoxy) is 1. The normalized spacial score (nSPS) is 18.0. The number of nitrogens with one attached hydrogen (secondary N) is 1. The Morgan fingerprint density at radius 1 is 1.36 bits per heavy atom. The first-order chi connectivity index (χ1) is 13.3. The molecule has 1 fully saturated rings. The van der Waals surface area contributed by atoms with Gasteiger partial charge in [-0.2, -0.15) is 4.31 Å². The van der Waals surface area contributed by atoms with Gasteiger partial charge in [0.2, 0.25) is 15.9 Å². The van der Waals surface area contributed by atoms with Crippen LogP contribution in [0.1, 0.15) is 29.9 Å². The van der Waals surface area contributed by atoms with Gasteiger partial charge in [-0.05, 0) is 32.8 Å². The van der Waals surface area contributed by atoms with Crippen LogP contribution in [-0.4, -0.2) is 44.0 Å². The van der Waals surface area contributed by atoms with E-state index in [1.165, 1.54) is 4.31 Å². The van der Waals surface area contributed by atoms with E-state index in [1.54, 1.807) is 21.0 Å². The molecule has 8 nitrogen and oxygen atoms in total. The molecule has 0 unspecified atom stereocenters. The number of hydrogen-bond acceptors (Lipinski definition) is 6. The van der Waals surface area contributed by atoms with Gasteiger partial charge in [-0.1, -0.05) is 23.4 Å². The highest BCUT2D eigenvalue weighted by Gasteiger charge is 2.36. The summed E-state index contributed by atoms with van der Waals surface area (Å²) >= 11 is 0. The van der Waals surface area contributed by atoms with E-state index in [-0.39, 0.29) is 23.1 Å². The fraction of sp³-hybridized carbons (Fsp3) is 0.474. The molecule has 0 bridgehead atoms. The maximum absolute atomic E-state index is 13.0. The number of aryl methyl sites for hydroxylation is 2. The van der Waals surface area contributed by atoms with Crippen molar-refractivity contribution in [1.29, 1.82) is 0 Å². The third kappa shape index (κ3) is 4.05. The molecule has 1 amide bonds. The molecule has 0 radical (unpaired) electrons. The number of sulfonamides is 1. The Bertz CT molecular complexity index is 935. The molecular formula is C19H25N3O5S. The highest BCUT2D eigenvalue weighted by molar-refractivity contribution is 7.89. The largest absolute Gasteiger partial charge is 0.496 e. The van der Waals surface area contributed by atoms with Crippen LogP contribution < -0.4 is 10.1 Å². The molecule has 1 N–H and O–H groups in total. The van der Waals surface area contributed by atoms with Crippen LogP contribution >= 0.6 is 0 Å². The van der Waals surface area contributed by atoms with Crippen molar-refractivity contribution in [3.05, 3.63) is 41.3 Å². The quantitative estimate of drug-likeness (QED) is 0.786. The fourth-order valence-corrected chi connectivity index (χ4v) is 5.34. The zero-order chi connectivity index (χ0) is 20.3. The zero-order valence-electron chi connectivity index (χ0n) is 16.3. The second-order valence-electron chi connectivity index (χ2n) is 6.89. The van der Waals surface area contributed by atoms with Crippen LogP contribution in [0, 0.1) is 19.8 Å². The Balaban J connectivity index is 1.68. The summed E-state index contributed by atoms with van der Waals surface area (Å²) in [5.41, 5.74) is 1.20. The molecule has 2 aromatic rings. The van der Waals surface area contributed by atoms with Gasteiger partial charge < -0.3 is 14.6 Å². The lowest BCUT2D eigenvalue weighted by atomic mass is 9.98. The highest BCUT2D eigenvalue weighted by Crippen LogP contribution is 2.28. The number of piperidine rings is 1. The second-order valence-corrected chi connectivity index (χ2v) is 8.76. The van der Waals surface area contributed by atoms with Crippen molar-refractivity contribution in [1.82, 2.24) is 14.8 Å². The number of aromatic nitrogens is 1. The number of benzene rings is 1. The van der Waals surface area contributed by atoms with Crippen molar-refractivity contribution in [3.63, 3.8) is 0 Å². The van der Waals surface area contributed by atoms with Crippen LogP contribution in [0.25, 0.3) is 0 Å². The molecule has 1 aromatic heterocycles. The Labute approximate surface area is 164 Å². The molecule has 28 heavy (non-hydrogen) atoms. The number of hydrogen-bond donors (Lipinski definition) is 1. The van der Waals surface area contributed by atoms with Crippen LogP contribution in [-0.2, 0) is 21.4 Å². The number of rotatable bonds is 6. The first kappa shape index (κ1) is 20.3. The summed E-state index contributed by atoms with van der Waals surface area (Å²) in [6, 6.07) is 7.46. The lowest BCUT2D eigenvalue weighted by Gasteiger charge is -2.31. The monoisotopic (exact) mass is 407 g/mol. The number of methoxy groups -OCH3 is 1. The smallest absolute Gasteiger partial charge is 0.248 e. The van der Waals surface area contributed by atoms with Gasteiger partial charge >= 0.3 is 0 Å². The molecule has 152 valence electrons. The summed E-state index contributed by atoms with van der Waals surface area (Å²) in [4.78, 5) is 12.8. The topological polar surface area (TPSA) is 102 Å². The van der Waals surface area contributed by atoms with Crippen LogP contribution in [0.4, 0.5) is 0 Å². The number of nitrogens with zero attached hydrogens (tertiary/aromatic N) is 2. The Kier molecular flexibility index (Phi) is 6.04. The number of carbonyl (C=O) groups is 1. The minimum atomic E-state index is -3.75. The average molecular weight is 407 g/mol. The van der Waals surface area contributed by atoms with Gasteiger partial charge in [0.15, 0.2) is 5.76 Å². The maximum atomic E-state index is 13.0. The molecular weight excluding hydrogens is 382 g/mol. The third-order valence-corrected chi connectivity index (χ3v) is 7.08. The van der Waals surface area contributed by atoms with Gasteiger partial charge in [-0.15, -0.1) is 0 Å². The molecule has 1 aliphatic heterocycles. The highest BCUT2D eigenvalue weighted by atomic mass is 32.2. The van der Waals surface area contributed by atoms with E-state index >= 15 is 0 Å². The summed E-state index contributed by atoms with van der Waals surface area (Å²) in [6.07, 6.45) is 1.26. The molecule has 9 heteroatoms. The third-order valence-electron chi connectivity index (χ3n) is 4.97. The number of carbonyl (C=O) groups excluding carboxylic acids is 1. The Morgan fingerprint density at radius 3 is 2.79 bits per heavy atom. The lowest BCUT2D eigenvalue weighted by molar-refractivity contribution is -0.126. The molecule has 0 saturated carbocycles. The van der Waals surface area contributed by atoms with Crippen molar-refractivity contribution in [2.24, 2.45) is 5.92 Å². The van der Waals surface area contributed by atoms with Gasteiger partial charge in [-0.25, -0.2) is 8.42 Å². The molecule has 0 aliphatic carbocycles. The van der Waals surface area contributed by atoms with Gasteiger partial charge in [0.05, 0.1) is 13.0 Å². The van der Waals surface area contributed by atoms with Crippen molar-refractivity contribution in [3.8, 4) is 5.75 Å². The molecule has 2 heterocycles. The maximum Gasteiger partial charge on any atom is 0.248 e. The molecule has 1 saturated heterocycles. The van der Waals surface area contributed by atoms with Gasteiger partial charge in [-0.3, -0.25) is 4.79 Å². The number of para-hydroxylation sites is 1. The first-order valence-corrected chi connectivity index (χ1v) is 10.6. The van der Waals surface area contributed by atoms with Crippen LogP contribution in [0.3, 0.4) is 0 Å². The summed E-state index contributed by atoms with van der Waals surface area (Å²) in [7, 11) is -2.16. The molecule has 0 spiro atoms. The Hall–Kier alpha value is -2.39. The summed E-state index contributed by atoms with van der Waals surface area (Å²) < 4.78 is 37.7. The van der Waals surface area contributed by atoms with Gasteiger partial charge in [0.1, 0.15) is 16.3 Å². The zero-order valence-corrected chi connectivity index (χ0v) is 17.1. The molecule has 1 atom stereocenters. The second kappa shape index (κ2) is 8.32. The van der Waals surface area contributed by atoms with Crippen molar-refractivity contribution in [2.75, 3.05) is 20.2 Å². The SMILES string of the molecule is COc1ccccc1CNC(=O)[C@@H]1CCCN(S(=O)(=O)c2c(C)noc2C)C1. The minimum absolute atomic E-state index is 0.0996. The summed E-state index contributed by atoms with van der Waals surface area (Å²) in [6.45, 7) is 4.03. The average Bonchev–Trinajstić information content (AvgIpc) is 3.05. The van der Waals surface area contributed by atoms with E-state index in [1.807, 2.05) is 24.3 Å². The van der Waals surface area contributed by atoms with Crippen molar-refractivity contribution in [2.45, 2.75) is 38.1 Å².